The average molecular weight is 286 g/mol. The summed E-state index contributed by atoms with van der Waals surface area (Å²) in [7, 11) is 0. The van der Waals surface area contributed by atoms with Gasteiger partial charge in [0.15, 0.2) is 5.76 Å². The zero-order valence-corrected chi connectivity index (χ0v) is 11.6. The molecular formula is C15H18N4O2. The average Bonchev–Trinajstić information content (AvgIpc) is 3.17. The van der Waals surface area contributed by atoms with Crippen molar-refractivity contribution in [3.63, 3.8) is 0 Å². The van der Waals surface area contributed by atoms with E-state index in [-0.39, 0.29) is 18.6 Å². The van der Waals surface area contributed by atoms with Crippen molar-refractivity contribution in [2.75, 3.05) is 13.1 Å². The quantitative estimate of drug-likeness (QED) is 0.796. The topological polar surface area (TPSA) is 79.2 Å². The Balaban J connectivity index is 1.51. The summed E-state index contributed by atoms with van der Waals surface area (Å²) in [6, 6.07) is 9.76. The van der Waals surface area contributed by atoms with Crippen molar-refractivity contribution in [2.24, 2.45) is 0 Å². The zero-order valence-electron chi connectivity index (χ0n) is 11.6. The fraction of sp³-hybridized carbons (Fsp3) is 0.333. The molecule has 1 aliphatic rings. The standard InChI is InChI=1S/C15H18N4O2/c20-15(19-12-6-7-16-8-12)18-10-14-17-9-13(21-14)11-4-2-1-3-5-11/h1-5,9,12,16H,6-8,10H2,(H2,18,19,20)/t12-/m0/s1. The lowest BCUT2D eigenvalue weighted by Crippen LogP contribution is -2.42. The van der Waals surface area contributed by atoms with E-state index < -0.39 is 0 Å². The molecule has 0 unspecified atom stereocenters. The number of benzene rings is 1. The number of nitrogens with one attached hydrogen (secondary N) is 3. The summed E-state index contributed by atoms with van der Waals surface area (Å²) >= 11 is 0. The Kier molecular flexibility index (Phi) is 4.16. The van der Waals surface area contributed by atoms with Gasteiger partial charge in [-0.05, 0) is 13.0 Å². The second-order valence-electron chi connectivity index (χ2n) is 5.00. The highest BCUT2D eigenvalue weighted by Gasteiger charge is 2.16. The number of amides is 2. The van der Waals surface area contributed by atoms with Crippen LogP contribution in [0.3, 0.4) is 0 Å². The van der Waals surface area contributed by atoms with Crippen molar-refractivity contribution in [2.45, 2.75) is 19.0 Å². The van der Waals surface area contributed by atoms with Crippen LogP contribution in [0, 0.1) is 0 Å². The molecule has 0 bridgehead atoms. The molecule has 0 aliphatic carbocycles. The molecule has 110 valence electrons. The molecule has 1 aromatic heterocycles. The number of urea groups is 1. The number of nitrogens with zero attached hydrogens (tertiary/aromatic N) is 1. The van der Waals surface area contributed by atoms with Gasteiger partial charge in [0.2, 0.25) is 5.89 Å². The lowest BCUT2D eigenvalue weighted by Gasteiger charge is -2.11. The number of oxazole rings is 1. The molecule has 6 nitrogen and oxygen atoms in total. The number of hydrogen-bond acceptors (Lipinski definition) is 4. The first-order valence-electron chi connectivity index (χ1n) is 7.06. The van der Waals surface area contributed by atoms with E-state index in [0.717, 1.165) is 25.1 Å². The van der Waals surface area contributed by atoms with E-state index >= 15 is 0 Å². The van der Waals surface area contributed by atoms with Crippen LogP contribution in [-0.2, 0) is 6.54 Å². The molecule has 3 N–H and O–H groups in total. The van der Waals surface area contributed by atoms with Gasteiger partial charge in [-0.15, -0.1) is 0 Å². The Morgan fingerprint density at radius 3 is 3.00 bits per heavy atom. The van der Waals surface area contributed by atoms with Crippen LogP contribution in [0.15, 0.2) is 40.9 Å². The maximum Gasteiger partial charge on any atom is 0.315 e. The highest BCUT2D eigenvalue weighted by atomic mass is 16.4. The van der Waals surface area contributed by atoms with Gasteiger partial charge in [-0.2, -0.15) is 0 Å². The molecule has 3 rings (SSSR count). The summed E-state index contributed by atoms with van der Waals surface area (Å²) < 4.78 is 5.62. The van der Waals surface area contributed by atoms with Crippen molar-refractivity contribution in [1.29, 1.82) is 0 Å². The van der Waals surface area contributed by atoms with Gasteiger partial charge in [0.25, 0.3) is 0 Å². The number of carbonyl (C=O) groups is 1. The number of rotatable bonds is 4. The first-order valence-corrected chi connectivity index (χ1v) is 7.06. The molecule has 2 aromatic rings. The van der Waals surface area contributed by atoms with Gasteiger partial charge in [-0.25, -0.2) is 9.78 Å². The number of aromatic nitrogens is 1. The molecule has 2 amide bonds. The zero-order chi connectivity index (χ0) is 14.5. The van der Waals surface area contributed by atoms with Crippen LogP contribution in [0.2, 0.25) is 0 Å². The molecule has 1 fully saturated rings. The summed E-state index contributed by atoms with van der Waals surface area (Å²) in [5.41, 5.74) is 0.970. The summed E-state index contributed by atoms with van der Waals surface area (Å²) in [5, 5.41) is 8.86. The molecular weight excluding hydrogens is 268 g/mol. The smallest absolute Gasteiger partial charge is 0.315 e. The second kappa shape index (κ2) is 6.41. The van der Waals surface area contributed by atoms with E-state index in [0.29, 0.717) is 11.7 Å². The molecule has 0 spiro atoms. The Labute approximate surface area is 122 Å². The van der Waals surface area contributed by atoms with Crippen LogP contribution < -0.4 is 16.0 Å². The lowest BCUT2D eigenvalue weighted by atomic mass is 10.2. The molecule has 1 aliphatic heterocycles. The van der Waals surface area contributed by atoms with Crippen LogP contribution in [0.25, 0.3) is 11.3 Å². The molecule has 21 heavy (non-hydrogen) atoms. The van der Waals surface area contributed by atoms with E-state index in [1.807, 2.05) is 30.3 Å². The number of hydrogen-bond donors (Lipinski definition) is 3. The lowest BCUT2D eigenvalue weighted by molar-refractivity contribution is 0.236. The van der Waals surface area contributed by atoms with Crippen LogP contribution >= 0.6 is 0 Å². The minimum atomic E-state index is -0.192. The minimum absolute atomic E-state index is 0.192. The van der Waals surface area contributed by atoms with Crippen LogP contribution in [0.5, 0.6) is 0 Å². The summed E-state index contributed by atoms with van der Waals surface area (Å²) in [6.45, 7) is 2.05. The second-order valence-corrected chi connectivity index (χ2v) is 5.00. The fourth-order valence-electron chi connectivity index (χ4n) is 2.30. The SMILES string of the molecule is O=C(NCc1ncc(-c2ccccc2)o1)N[C@H]1CCNC1. The van der Waals surface area contributed by atoms with Gasteiger partial charge in [0, 0.05) is 18.2 Å². The monoisotopic (exact) mass is 286 g/mol. The van der Waals surface area contributed by atoms with Crippen molar-refractivity contribution >= 4 is 6.03 Å². The maximum atomic E-state index is 11.7. The van der Waals surface area contributed by atoms with Gasteiger partial charge in [0.1, 0.15) is 0 Å². The van der Waals surface area contributed by atoms with Gasteiger partial charge in [0.05, 0.1) is 12.7 Å². The Morgan fingerprint density at radius 1 is 1.38 bits per heavy atom. The third kappa shape index (κ3) is 3.61. The fourth-order valence-corrected chi connectivity index (χ4v) is 2.30. The van der Waals surface area contributed by atoms with E-state index in [2.05, 4.69) is 20.9 Å². The highest BCUT2D eigenvalue weighted by Crippen LogP contribution is 2.19. The molecule has 2 heterocycles. The summed E-state index contributed by atoms with van der Waals surface area (Å²) in [4.78, 5) is 15.9. The molecule has 1 aromatic carbocycles. The maximum absolute atomic E-state index is 11.7. The van der Waals surface area contributed by atoms with Gasteiger partial charge < -0.3 is 20.4 Å². The largest absolute Gasteiger partial charge is 0.439 e. The van der Waals surface area contributed by atoms with Crippen molar-refractivity contribution < 1.29 is 9.21 Å². The Bertz CT molecular complexity index is 591. The number of carbonyl (C=O) groups excluding carboxylic acids is 1. The Hall–Kier alpha value is -2.34. The minimum Gasteiger partial charge on any atom is -0.439 e. The first kappa shape index (κ1) is 13.6. The molecule has 1 atom stereocenters. The van der Waals surface area contributed by atoms with Crippen molar-refractivity contribution in [1.82, 2.24) is 20.9 Å². The van der Waals surface area contributed by atoms with E-state index in [1.165, 1.54) is 0 Å². The van der Waals surface area contributed by atoms with Crippen molar-refractivity contribution in [3.05, 3.63) is 42.4 Å². The van der Waals surface area contributed by atoms with Crippen molar-refractivity contribution in [3.8, 4) is 11.3 Å². The molecule has 6 heteroatoms. The molecule has 0 saturated carbocycles. The third-order valence-electron chi connectivity index (χ3n) is 3.41. The predicted octanol–water partition coefficient (Wildman–Crippen LogP) is 1.50. The van der Waals surface area contributed by atoms with Crippen LogP contribution in [0.1, 0.15) is 12.3 Å². The van der Waals surface area contributed by atoms with Gasteiger partial charge >= 0.3 is 6.03 Å². The summed E-state index contributed by atoms with van der Waals surface area (Å²) in [6.07, 6.45) is 2.63. The van der Waals surface area contributed by atoms with Crippen LogP contribution in [0.4, 0.5) is 4.79 Å². The van der Waals surface area contributed by atoms with Crippen LogP contribution in [-0.4, -0.2) is 30.1 Å². The molecule has 1 saturated heterocycles. The predicted molar refractivity (Wildman–Crippen MR) is 78.6 cm³/mol. The van der Waals surface area contributed by atoms with E-state index in [9.17, 15) is 4.79 Å². The molecule has 0 radical (unpaired) electrons. The van der Waals surface area contributed by atoms with E-state index in [4.69, 9.17) is 4.42 Å². The highest BCUT2D eigenvalue weighted by molar-refractivity contribution is 5.74. The summed E-state index contributed by atoms with van der Waals surface area (Å²) in [5.74, 6) is 1.20. The first-order chi connectivity index (χ1) is 10.3. The van der Waals surface area contributed by atoms with E-state index in [1.54, 1.807) is 6.20 Å². The third-order valence-corrected chi connectivity index (χ3v) is 3.41. The van der Waals surface area contributed by atoms with Gasteiger partial charge in [-0.1, -0.05) is 30.3 Å². The van der Waals surface area contributed by atoms with Gasteiger partial charge in [-0.3, -0.25) is 0 Å². The normalized spacial score (nSPS) is 17.6. The Morgan fingerprint density at radius 2 is 2.24 bits per heavy atom.